The first-order valence-electron chi connectivity index (χ1n) is 9.71. The van der Waals surface area contributed by atoms with Crippen molar-refractivity contribution in [3.05, 3.63) is 77.3 Å². The van der Waals surface area contributed by atoms with Gasteiger partial charge in [-0.3, -0.25) is 14.4 Å². The summed E-state index contributed by atoms with van der Waals surface area (Å²) >= 11 is 7.63. The van der Waals surface area contributed by atoms with Gasteiger partial charge in [-0.2, -0.15) is 4.90 Å². The average molecular weight is 481 g/mol. The summed E-state index contributed by atoms with van der Waals surface area (Å²) in [5.74, 6) is -2.96. The molecule has 33 heavy (non-hydrogen) atoms. The van der Waals surface area contributed by atoms with Gasteiger partial charge in [0.1, 0.15) is 5.75 Å². The van der Waals surface area contributed by atoms with Crippen molar-refractivity contribution in [1.29, 1.82) is 0 Å². The fourth-order valence-electron chi connectivity index (χ4n) is 3.47. The number of nitrogens with zero attached hydrogens (tertiary/aromatic N) is 2. The molecule has 166 valence electrons. The minimum atomic E-state index is -1.25. The number of thioether (sulfide) groups is 1. The van der Waals surface area contributed by atoms with E-state index in [1.54, 1.807) is 30.0 Å². The van der Waals surface area contributed by atoms with E-state index in [-0.39, 0.29) is 16.3 Å². The molecule has 0 aliphatic carbocycles. The molecule has 0 N–H and O–H groups in total. The molecule has 0 saturated carbocycles. The topological polar surface area (TPSA) is 84.0 Å². The van der Waals surface area contributed by atoms with Crippen molar-refractivity contribution in [2.75, 3.05) is 18.3 Å². The van der Waals surface area contributed by atoms with Crippen LogP contribution in [0.1, 0.15) is 10.4 Å². The van der Waals surface area contributed by atoms with Crippen molar-refractivity contribution in [2.24, 2.45) is 0 Å². The second-order valence-electron chi connectivity index (χ2n) is 6.97. The van der Waals surface area contributed by atoms with Crippen LogP contribution in [0, 0.1) is 0 Å². The minimum absolute atomic E-state index is 0.0582. The number of carbonyl (C=O) groups excluding carboxylic acids is 4. The van der Waals surface area contributed by atoms with E-state index in [2.05, 4.69) is 0 Å². The molecule has 1 aliphatic heterocycles. The Labute approximate surface area is 198 Å². The van der Waals surface area contributed by atoms with E-state index < -0.39 is 23.8 Å². The van der Waals surface area contributed by atoms with Crippen LogP contribution in [-0.2, 0) is 9.59 Å². The third kappa shape index (κ3) is 3.99. The molecule has 1 heterocycles. The molecule has 0 bridgehead atoms. The van der Waals surface area contributed by atoms with Gasteiger partial charge < -0.3 is 4.74 Å². The smallest absolute Gasteiger partial charge is 0.346 e. The molecule has 1 aliphatic rings. The highest BCUT2D eigenvalue weighted by molar-refractivity contribution is 7.98. The number of anilines is 1. The minimum Gasteiger partial charge on any atom is -0.496 e. The molecular weight excluding hydrogens is 464 g/mol. The summed E-state index contributed by atoms with van der Waals surface area (Å²) < 4.78 is 5.49. The van der Waals surface area contributed by atoms with E-state index in [1.165, 1.54) is 31.4 Å². The zero-order chi connectivity index (χ0) is 23.7. The van der Waals surface area contributed by atoms with Gasteiger partial charge in [0.25, 0.3) is 5.91 Å². The lowest BCUT2D eigenvalue weighted by Crippen LogP contribution is -2.38. The Kier molecular flexibility index (Phi) is 6.22. The number of urea groups is 1. The second kappa shape index (κ2) is 9.09. The highest BCUT2D eigenvalue weighted by Gasteiger charge is 2.49. The van der Waals surface area contributed by atoms with Gasteiger partial charge in [0, 0.05) is 16.5 Å². The predicted octanol–water partition coefficient (Wildman–Crippen LogP) is 4.87. The summed E-state index contributed by atoms with van der Waals surface area (Å²) in [6, 6.07) is 17.4. The molecule has 3 aromatic carbocycles. The van der Waals surface area contributed by atoms with E-state index in [4.69, 9.17) is 16.3 Å². The molecular formula is C24H17ClN2O5S. The van der Waals surface area contributed by atoms with Crippen LogP contribution in [0.3, 0.4) is 0 Å². The number of amides is 5. The lowest BCUT2D eigenvalue weighted by Gasteiger charge is -2.17. The van der Waals surface area contributed by atoms with Crippen molar-refractivity contribution in [2.45, 2.75) is 4.90 Å². The number of benzene rings is 3. The van der Waals surface area contributed by atoms with Crippen molar-refractivity contribution < 1.29 is 23.9 Å². The normalized spacial score (nSPS) is 13.6. The Morgan fingerprint density at radius 2 is 1.70 bits per heavy atom. The molecule has 0 aromatic heterocycles. The SMILES string of the molecule is COc1cc(N2C(=O)C(=O)N(C(=O)c3ccccc3Cl)C2=O)ccc1-c1cccc(SC)c1. The summed E-state index contributed by atoms with van der Waals surface area (Å²) in [5.41, 5.74) is 1.68. The van der Waals surface area contributed by atoms with Crippen LogP contribution < -0.4 is 9.64 Å². The van der Waals surface area contributed by atoms with Crippen molar-refractivity contribution >= 4 is 52.8 Å². The summed E-state index contributed by atoms with van der Waals surface area (Å²) in [6.07, 6.45) is 1.97. The van der Waals surface area contributed by atoms with Gasteiger partial charge in [0.2, 0.25) is 0 Å². The van der Waals surface area contributed by atoms with Crippen LogP contribution in [-0.4, -0.2) is 42.0 Å². The summed E-state index contributed by atoms with van der Waals surface area (Å²) in [7, 11) is 1.47. The van der Waals surface area contributed by atoms with Crippen LogP contribution in [0.5, 0.6) is 5.75 Å². The highest BCUT2D eigenvalue weighted by Crippen LogP contribution is 2.36. The van der Waals surface area contributed by atoms with Crippen LogP contribution in [0.25, 0.3) is 11.1 Å². The molecule has 9 heteroatoms. The summed E-state index contributed by atoms with van der Waals surface area (Å²) in [4.78, 5) is 53.1. The summed E-state index contributed by atoms with van der Waals surface area (Å²) in [6.45, 7) is 0. The Bertz CT molecular complexity index is 1310. The molecule has 4 rings (SSSR count). The number of rotatable bonds is 5. The van der Waals surface area contributed by atoms with E-state index in [0.717, 1.165) is 16.0 Å². The number of hydrogen-bond acceptors (Lipinski definition) is 6. The van der Waals surface area contributed by atoms with Gasteiger partial charge in [-0.25, -0.2) is 9.69 Å². The molecule has 0 unspecified atom stereocenters. The third-order valence-corrected chi connectivity index (χ3v) is 6.16. The van der Waals surface area contributed by atoms with Crippen LogP contribution in [0.2, 0.25) is 5.02 Å². The Morgan fingerprint density at radius 3 is 2.39 bits per heavy atom. The first-order valence-corrected chi connectivity index (χ1v) is 11.3. The highest BCUT2D eigenvalue weighted by atomic mass is 35.5. The number of methoxy groups -OCH3 is 1. The van der Waals surface area contributed by atoms with Gasteiger partial charge in [-0.05, 0) is 48.2 Å². The Hall–Kier alpha value is -3.62. The number of ether oxygens (including phenoxy) is 1. The maximum atomic E-state index is 13.0. The zero-order valence-electron chi connectivity index (χ0n) is 17.6. The van der Waals surface area contributed by atoms with Gasteiger partial charge in [-0.1, -0.05) is 35.9 Å². The predicted molar refractivity (Wildman–Crippen MR) is 126 cm³/mol. The van der Waals surface area contributed by atoms with Gasteiger partial charge in [0.05, 0.1) is 23.4 Å². The van der Waals surface area contributed by atoms with Crippen molar-refractivity contribution in [3.8, 4) is 16.9 Å². The maximum Gasteiger partial charge on any atom is 0.346 e. The van der Waals surface area contributed by atoms with Crippen molar-refractivity contribution in [1.82, 2.24) is 4.90 Å². The Morgan fingerprint density at radius 1 is 0.939 bits per heavy atom. The number of halogens is 1. The Balaban J connectivity index is 1.71. The van der Waals surface area contributed by atoms with Gasteiger partial charge in [-0.15, -0.1) is 11.8 Å². The maximum absolute atomic E-state index is 13.0. The molecule has 3 aromatic rings. The fourth-order valence-corrected chi connectivity index (χ4v) is 4.15. The molecule has 5 amide bonds. The number of imide groups is 4. The quantitative estimate of drug-likeness (QED) is 0.224. The first kappa shape index (κ1) is 22.6. The second-order valence-corrected chi connectivity index (χ2v) is 8.25. The summed E-state index contributed by atoms with van der Waals surface area (Å²) in [5, 5.41) is 0.0625. The van der Waals surface area contributed by atoms with Crippen LogP contribution >= 0.6 is 23.4 Å². The first-order chi connectivity index (χ1) is 15.9. The van der Waals surface area contributed by atoms with Gasteiger partial charge in [0.15, 0.2) is 0 Å². The van der Waals surface area contributed by atoms with E-state index >= 15 is 0 Å². The molecule has 7 nitrogen and oxygen atoms in total. The lowest BCUT2D eigenvalue weighted by atomic mass is 10.0. The molecule has 1 fully saturated rings. The van der Waals surface area contributed by atoms with Gasteiger partial charge >= 0.3 is 17.8 Å². The fraction of sp³-hybridized carbons (Fsp3) is 0.0833. The molecule has 0 spiro atoms. The van der Waals surface area contributed by atoms with E-state index in [0.29, 0.717) is 15.5 Å². The monoisotopic (exact) mass is 480 g/mol. The van der Waals surface area contributed by atoms with E-state index in [9.17, 15) is 19.2 Å². The molecule has 1 saturated heterocycles. The zero-order valence-corrected chi connectivity index (χ0v) is 19.1. The standard InChI is InChI=1S/C24H17ClN2O5S/c1-32-20-13-15(10-11-17(20)14-6-5-7-16(12-14)33-2)26-22(29)23(30)27(24(26)31)21(28)18-8-3-4-9-19(18)25/h3-13H,1-2H3. The van der Waals surface area contributed by atoms with Crippen molar-refractivity contribution in [3.63, 3.8) is 0 Å². The van der Waals surface area contributed by atoms with Crippen LogP contribution in [0.4, 0.5) is 10.5 Å². The third-order valence-electron chi connectivity index (χ3n) is 5.10. The number of carbonyl (C=O) groups is 4. The van der Waals surface area contributed by atoms with Crippen LogP contribution in [0.15, 0.2) is 71.6 Å². The largest absolute Gasteiger partial charge is 0.496 e. The average Bonchev–Trinajstić information content (AvgIpc) is 3.06. The molecule has 0 radical (unpaired) electrons. The molecule has 0 atom stereocenters. The van der Waals surface area contributed by atoms with E-state index in [1.807, 2.05) is 30.5 Å². The number of hydrogen-bond donors (Lipinski definition) is 0. The lowest BCUT2D eigenvalue weighted by molar-refractivity contribution is -0.138.